The Labute approximate surface area is 120 Å². The van der Waals surface area contributed by atoms with Crippen LogP contribution < -0.4 is 4.31 Å². The van der Waals surface area contributed by atoms with Gasteiger partial charge in [0.1, 0.15) is 0 Å². The van der Waals surface area contributed by atoms with Gasteiger partial charge >= 0.3 is 5.97 Å². The number of esters is 1. The van der Waals surface area contributed by atoms with E-state index in [4.69, 9.17) is 0 Å². The van der Waals surface area contributed by atoms with E-state index in [2.05, 4.69) is 9.72 Å². The van der Waals surface area contributed by atoms with Crippen molar-refractivity contribution < 1.29 is 17.9 Å². The summed E-state index contributed by atoms with van der Waals surface area (Å²) < 4.78 is 30.6. The summed E-state index contributed by atoms with van der Waals surface area (Å²) in [5, 5.41) is 0. The number of anilines is 1. The molecular formula is C12H12N2O4S2. The standard InChI is InChI=1S/C12H12N2O4S2/c1-14(9-6-4-3-5-7-9)20(16,17)12-10(11(15)18-2)13-8-19-12/h3-8H,1-2H3. The van der Waals surface area contributed by atoms with E-state index in [0.717, 1.165) is 15.6 Å². The number of nitrogens with zero attached hydrogens (tertiary/aromatic N) is 2. The molecular weight excluding hydrogens is 300 g/mol. The molecule has 106 valence electrons. The molecule has 20 heavy (non-hydrogen) atoms. The Morgan fingerprint density at radius 3 is 2.55 bits per heavy atom. The molecule has 0 fully saturated rings. The van der Waals surface area contributed by atoms with Crippen LogP contribution in [-0.2, 0) is 14.8 Å². The molecule has 2 rings (SSSR count). The molecule has 2 aromatic rings. The first kappa shape index (κ1) is 14.5. The predicted molar refractivity (Wildman–Crippen MR) is 75.5 cm³/mol. The van der Waals surface area contributed by atoms with Gasteiger partial charge in [0.2, 0.25) is 0 Å². The Morgan fingerprint density at radius 1 is 1.30 bits per heavy atom. The van der Waals surface area contributed by atoms with Gasteiger partial charge in [-0.2, -0.15) is 0 Å². The molecule has 0 amide bonds. The Bertz CT molecular complexity index is 710. The molecule has 0 saturated heterocycles. The van der Waals surface area contributed by atoms with Crippen LogP contribution in [0.25, 0.3) is 0 Å². The van der Waals surface area contributed by atoms with E-state index < -0.39 is 16.0 Å². The van der Waals surface area contributed by atoms with Crippen molar-refractivity contribution in [2.45, 2.75) is 4.21 Å². The first-order valence-corrected chi connectivity index (χ1v) is 7.86. The molecule has 1 aromatic carbocycles. The molecule has 0 N–H and O–H groups in total. The molecule has 8 heteroatoms. The lowest BCUT2D eigenvalue weighted by Gasteiger charge is -2.18. The zero-order valence-electron chi connectivity index (χ0n) is 10.8. The van der Waals surface area contributed by atoms with Crippen molar-refractivity contribution in [2.75, 3.05) is 18.5 Å². The summed E-state index contributed by atoms with van der Waals surface area (Å²) in [5.41, 5.74) is 1.61. The molecule has 0 saturated carbocycles. The Hall–Kier alpha value is -1.93. The highest BCUT2D eigenvalue weighted by Gasteiger charge is 2.30. The van der Waals surface area contributed by atoms with Crippen LogP contribution in [0.1, 0.15) is 10.5 Å². The largest absolute Gasteiger partial charge is 0.464 e. The van der Waals surface area contributed by atoms with E-state index >= 15 is 0 Å². The molecule has 1 heterocycles. The third-order valence-electron chi connectivity index (χ3n) is 2.63. The number of sulfonamides is 1. The fraction of sp³-hybridized carbons (Fsp3) is 0.167. The predicted octanol–water partition coefficient (Wildman–Crippen LogP) is 1.75. The van der Waals surface area contributed by atoms with Gasteiger partial charge in [0.05, 0.1) is 18.3 Å². The summed E-state index contributed by atoms with van der Waals surface area (Å²) in [4.78, 5) is 15.3. The molecule has 0 aliphatic rings. The summed E-state index contributed by atoms with van der Waals surface area (Å²) in [6.07, 6.45) is 0. The quantitative estimate of drug-likeness (QED) is 0.804. The second kappa shape index (κ2) is 5.59. The lowest BCUT2D eigenvalue weighted by atomic mass is 10.3. The molecule has 0 spiro atoms. The van der Waals surface area contributed by atoms with E-state index in [-0.39, 0.29) is 9.90 Å². The molecule has 0 atom stereocenters. The highest BCUT2D eigenvalue weighted by molar-refractivity contribution is 7.94. The van der Waals surface area contributed by atoms with E-state index in [1.165, 1.54) is 19.7 Å². The number of aromatic nitrogens is 1. The summed E-state index contributed by atoms with van der Waals surface area (Å²) in [5.74, 6) is -0.772. The summed E-state index contributed by atoms with van der Waals surface area (Å²) >= 11 is 0.882. The van der Waals surface area contributed by atoms with Crippen molar-refractivity contribution in [2.24, 2.45) is 0 Å². The van der Waals surface area contributed by atoms with Crippen LogP contribution in [0, 0.1) is 0 Å². The van der Waals surface area contributed by atoms with Crippen LogP contribution in [0.3, 0.4) is 0 Å². The zero-order valence-corrected chi connectivity index (χ0v) is 12.4. The second-order valence-electron chi connectivity index (χ2n) is 3.79. The minimum atomic E-state index is -3.85. The lowest BCUT2D eigenvalue weighted by Crippen LogP contribution is -2.27. The van der Waals surface area contributed by atoms with Gasteiger partial charge in [-0.15, -0.1) is 11.3 Å². The molecule has 0 unspecified atom stereocenters. The van der Waals surface area contributed by atoms with Gasteiger partial charge < -0.3 is 4.74 Å². The number of para-hydroxylation sites is 1. The van der Waals surface area contributed by atoms with Gasteiger partial charge in [0.25, 0.3) is 10.0 Å². The third kappa shape index (κ3) is 2.52. The number of carbonyl (C=O) groups excluding carboxylic acids is 1. The topological polar surface area (TPSA) is 76.6 Å². The average molecular weight is 312 g/mol. The van der Waals surface area contributed by atoms with E-state index in [9.17, 15) is 13.2 Å². The summed E-state index contributed by atoms with van der Waals surface area (Å²) in [6.45, 7) is 0. The van der Waals surface area contributed by atoms with Crippen molar-refractivity contribution in [1.82, 2.24) is 4.98 Å². The third-order valence-corrected chi connectivity index (χ3v) is 5.76. The number of hydrogen-bond donors (Lipinski definition) is 0. The molecule has 0 aliphatic carbocycles. The van der Waals surface area contributed by atoms with E-state index in [1.807, 2.05) is 0 Å². The van der Waals surface area contributed by atoms with Crippen LogP contribution in [0.2, 0.25) is 0 Å². The van der Waals surface area contributed by atoms with Gasteiger partial charge in [-0.1, -0.05) is 18.2 Å². The smallest absolute Gasteiger partial charge is 0.358 e. The number of carbonyl (C=O) groups is 1. The number of ether oxygens (including phenoxy) is 1. The number of rotatable bonds is 4. The van der Waals surface area contributed by atoms with Crippen molar-refractivity contribution in [3.8, 4) is 0 Å². The Balaban J connectivity index is 2.46. The normalized spacial score (nSPS) is 11.1. The molecule has 0 radical (unpaired) electrons. The van der Waals surface area contributed by atoms with Crippen LogP contribution >= 0.6 is 11.3 Å². The second-order valence-corrected chi connectivity index (χ2v) is 6.81. The molecule has 0 aliphatic heterocycles. The maximum absolute atomic E-state index is 12.5. The first-order chi connectivity index (χ1) is 9.48. The number of thiazole rings is 1. The van der Waals surface area contributed by atoms with Gasteiger partial charge in [0, 0.05) is 7.05 Å². The average Bonchev–Trinajstić information content (AvgIpc) is 2.96. The Morgan fingerprint density at radius 2 is 1.95 bits per heavy atom. The Kier molecular flexibility index (Phi) is 4.05. The zero-order chi connectivity index (χ0) is 14.8. The van der Waals surface area contributed by atoms with Crippen molar-refractivity contribution in [3.63, 3.8) is 0 Å². The lowest BCUT2D eigenvalue weighted by molar-refractivity contribution is 0.0590. The fourth-order valence-electron chi connectivity index (χ4n) is 1.55. The molecule has 6 nitrogen and oxygen atoms in total. The van der Waals surface area contributed by atoms with Crippen LogP contribution in [0.5, 0.6) is 0 Å². The maximum atomic E-state index is 12.5. The van der Waals surface area contributed by atoms with Crippen molar-refractivity contribution in [3.05, 3.63) is 41.5 Å². The van der Waals surface area contributed by atoms with E-state index in [1.54, 1.807) is 30.3 Å². The van der Waals surface area contributed by atoms with Gasteiger partial charge in [-0.05, 0) is 12.1 Å². The fourth-order valence-corrected chi connectivity index (χ4v) is 4.03. The number of hydrogen-bond acceptors (Lipinski definition) is 6. The van der Waals surface area contributed by atoms with Gasteiger partial charge in [0.15, 0.2) is 9.90 Å². The summed E-state index contributed by atoms with van der Waals surface area (Å²) in [7, 11) is -1.24. The highest BCUT2D eigenvalue weighted by atomic mass is 32.2. The molecule has 1 aromatic heterocycles. The number of methoxy groups -OCH3 is 1. The van der Waals surface area contributed by atoms with Crippen molar-refractivity contribution >= 4 is 33.0 Å². The van der Waals surface area contributed by atoms with Crippen LogP contribution in [-0.4, -0.2) is 33.5 Å². The highest BCUT2D eigenvalue weighted by Crippen LogP contribution is 2.27. The van der Waals surface area contributed by atoms with Crippen LogP contribution in [0.15, 0.2) is 40.1 Å². The maximum Gasteiger partial charge on any atom is 0.358 e. The van der Waals surface area contributed by atoms with E-state index in [0.29, 0.717) is 5.69 Å². The molecule has 0 bridgehead atoms. The monoisotopic (exact) mass is 312 g/mol. The minimum absolute atomic E-state index is 0.129. The van der Waals surface area contributed by atoms with Crippen LogP contribution in [0.4, 0.5) is 5.69 Å². The summed E-state index contributed by atoms with van der Waals surface area (Å²) in [6, 6.07) is 8.58. The van der Waals surface area contributed by atoms with Crippen molar-refractivity contribution in [1.29, 1.82) is 0 Å². The van der Waals surface area contributed by atoms with Gasteiger partial charge in [-0.25, -0.2) is 18.2 Å². The SMILES string of the molecule is COC(=O)c1ncsc1S(=O)(=O)N(C)c1ccccc1. The van der Waals surface area contributed by atoms with Gasteiger partial charge in [-0.3, -0.25) is 4.31 Å². The minimum Gasteiger partial charge on any atom is -0.464 e. The number of benzene rings is 1. The first-order valence-electron chi connectivity index (χ1n) is 5.54.